The van der Waals surface area contributed by atoms with Crippen LogP contribution in [-0.2, 0) is 11.2 Å². The molecule has 0 aliphatic heterocycles. The van der Waals surface area contributed by atoms with Crippen LogP contribution in [0.5, 0.6) is 5.75 Å². The lowest BCUT2D eigenvalue weighted by Crippen LogP contribution is -2.16. The van der Waals surface area contributed by atoms with Gasteiger partial charge >= 0.3 is 5.97 Å². The zero-order chi connectivity index (χ0) is 15.6. The average Bonchev–Trinajstić information content (AvgIpc) is 2.40. The highest BCUT2D eigenvalue weighted by molar-refractivity contribution is 9.10. The van der Waals surface area contributed by atoms with Crippen LogP contribution in [0.25, 0.3) is 0 Å². The van der Waals surface area contributed by atoms with Crippen molar-refractivity contribution in [1.29, 1.82) is 0 Å². The normalized spacial score (nSPS) is 10.4. The van der Waals surface area contributed by atoms with Crippen molar-refractivity contribution in [3.63, 3.8) is 0 Å². The highest BCUT2D eigenvalue weighted by atomic mass is 79.9. The van der Waals surface area contributed by atoms with Crippen LogP contribution in [0.3, 0.4) is 0 Å². The van der Waals surface area contributed by atoms with Gasteiger partial charge in [-0.25, -0.2) is 9.18 Å². The lowest BCUT2D eigenvalue weighted by atomic mass is 10.0. The van der Waals surface area contributed by atoms with Gasteiger partial charge in [0.25, 0.3) is 5.56 Å². The van der Waals surface area contributed by atoms with Crippen molar-refractivity contribution in [3.05, 3.63) is 61.7 Å². The van der Waals surface area contributed by atoms with E-state index in [-0.39, 0.29) is 23.2 Å². The van der Waals surface area contributed by atoms with Gasteiger partial charge in [-0.15, -0.1) is 0 Å². The fourth-order valence-corrected chi connectivity index (χ4v) is 2.25. The van der Waals surface area contributed by atoms with E-state index in [4.69, 9.17) is 0 Å². The molecule has 1 aromatic heterocycles. The third-order valence-corrected chi connectivity index (χ3v) is 3.36. The van der Waals surface area contributed by atoms with Crippen LogP contribution in [-0.4, -0.2) is 23.2 Å². The first-order chi connectivity index (χ1) is 9.92. The van der Waals surface area contributed by atoms with Crippen LogP contribution in [0, 0.1) is 5.82 Å². The number of H-pyrrole nitrogens is 1. The van der Waals surface area contributed by atoms with Gasteiger partial charge in [-0.1, -0.05) is 22.0 Å². The minimum absolute atomic E-state index is 0.0623. The molecule has 1 aromatic carbocycles. The minimum Gasteiger partial charge on any atom is -0.507 e. The van der Waals surface area contributed by atoms with Crippen molar-refractivity contribution in [3.8, 4) is 5.75 Å². The summed E-state index contributed by atoms with van der Waals surface area (Å²) < 4.78 is 19.0. The molecule has 1 heterocycles. The second kappa shape index (κ2) is 6.09. The first-order valence-electron chi connectivity index (χ1n) is 5.89. The summed E-state index contributed by atoms with van der Waals surface area (Å²) in [6, 6.07) is 5.29. The standard InChI is InChI=1S/C14H11BrFNO4/c1-21-14(20)13-10(17-12(19)6-11(13)18)4-7-2-3-8(15)5-9(7)16/h2-3,5-6H,4H2,1H3,(H2,17,18,19). The maximum Gasteiger partial charge on any atom is 0.343 e. The van der Waals surface area contributed by atoms with Gasteiger partial charge < -0.3 is 14.8 Å². The van der Waals surface area contributed by atoms with Crippen LogP contribution < -0.4 is 5.56 Å². The van der Waals surface area contributed by atoms with Crippen LogP contribution in [0.1, 0.15) is 21.6 Å². The predicted molar refractivity (Wildman–Crippen MR) is 77.0 cm³/mol. The summed E-state index contributed by atoms with van der Waals surface area (Å²) in [7, 11) is 1.15. The van der Waals surface area contributed by atoms with E-state index in [0.29, 0.717) is 4.47 Å². The molecule has 0 spiro atoms. The molecule has 7 heteroatoms. The van der Waals surface area contributed by atoms with Gasteiger partial charge in [-0.3, -0.25) is 4.79 Å². The number of carbonyl (C=O) groups is 1. The van der Waals surface area contributed by atoms with Crippen LogP contribution in [0.15, 0.2) is 33.5 Å². The number of rotatable bonds is 3. The molecule has 0 bridgehead atoms. The van der Waals surface area contributed by atoms with Crippen molar-refractivity contribution in [2.45, 2.75) is 6.42 Å². The Bertz CT molecular complexity index is 757. The van der Waals surface area contributed by atoms with Crippen molar-refractivity contribution in [2.24, 2.45) is 0 Å². The molecule has 2 rings (SSSR count). The molecular formula is C14H11BrFNO4. The molecule has 21 heavy (non-hydrogen) atoms. The van der Waals surface area contributed by atoms with Crippen molar-refractivity contribution < 1.29 is 19.0 Å². The topological polar surface area (TPSA) is 79.4 Å². The maximum absolute atomic E-state index is 13.9. The zero-order valence-corrected chi connectivity index (χ0v) is 12.5. The second-order valence-corrected chi connectivity index (χ2v) is 5.19. The van der Waals surface area contributed by atoms with Crippen molar-refractivity contribution >= 4 is 21.9 Å². The van der Waals surface area contributed by atoms with Gasteiger partial charge in [0.2, 0.25) is 0 Å². The number of aromatic amines is 1. The summed E-state index contributed by atoms with van der Waals surface area (Å²) in [6.07, 6.45) is -0.0623. The largest absolute Gasteiger partial charge is 0.507 e. The number of benzene rings is 1. The van der Waals surface area contributed by atoms with Gasteiger partial charge in [0.15, 0.2) is 0 Å². The molecule has 0 atom stereocenters. The fraction of sp³-hybridized carbons (Fsp3) is 0.143. The molecule has 0 aliphatic carbocycles. The summed E-state index contributed by atoms with van der Waals surface area (Å²) in [5, 5.41) is 9.74. The van der Waals surface area contributed by atoms with Gasteiger partial charge in [0.05, 0.1) is 7.11 Å². The first-order valence-corrected chi connectivity index (χ1v) is 6.69. The van der Waals surface area contributed by atoms with Gasteiger partial charge in [-0.05, 0) is 17.7 Å². The van der Waals surface area contributed by atoms with E-state index in [1.54, 1.807) is 6.07 Å². The third kappa shape index (κ3) is 3.30. The molecule has 0 amide bonds. The summed E-state index contributed by atoms with van der Waals surface area (Å²) in [5.41, 5.74) is -0.412. The molecule has 0 aliphatic rings. The van der Waals surface area contributed by atoms with Gasteiger partial charge in [0.1, 0.15) is 17.1 Å². The number of pyridine rings is 1. The minimum atomic E-state index is -0.809. The number of carbonyl (C=O) groups excluding carboxylic acids is 1. The Balaban J connectivity index is 2.52. The van der Waals surface area contributed by atoms with Crippen LogP contribution in [0.4, 0.5) is 4.39 Å². The van der Waals surface area contributed by atoms with E-state index < -0.39 is 23.1 Å². The molecule has 0 saturated heterocycles. The van der Waals surface area contributed by atoms with E-state index in [0.717, 1.165) is 13.2 Å². The Kier molecular flexibility index (Phi) is 4.42. The maximum atomic E-state index is 13.9. The lowest BCUT2D eigenvalue weighted by Gasteiger charge is -2.10. The highest BCUT2D eigenvalue weighted by Gasteiger charge is 2.19. The Morgan fingerprint density at radius 1 is 1.43 bits per heavy atom. The number of aromatic nitrogens is 1. The molecule has 2 N–H and O–H groups in total. The van der Waals surface area contributed by atoms with E-state index >= 15 is 0 Å². The quantitative estimate of drug-likeness (QED) is 0.828. The Morgan fingerprint density at radius 3 is 2.76 bits per heavy atom. The van der Waals surface area contributed by atoms with Gasteiger partial charge in [-0.2, -0.15) is 0 Å². The third-order valence-electron chi connectivity index (χ3n) is 2.87. The van der Waals surface area contributed by atoms with E-state index in [2.05, 4.69) is 25.7 Å². The predicted octanol–water partition coefficient (Wildman–Crippen LogP) is 2.36. The molecular weight excluding hydrogens is 345 g/mol. The Morgan fingerprint density at radius 2 is 2.14 bits per heavy atom. The fourth-order valence-electron chi connectivity index (χ4n) is 1.92. The highest BCUT2D eigenvalue weighted by Crippen LogP contribution is 2.23. The first kappa shape index (κ1) is 15.2. The smallest absolute Gasteiger partial charge is 0.343 e. The molecule has 0 fully saturated rings. The number of nitrogens with one attached hydrogen (secondary N) is 1. The van der Waals surface area contributed by atoms with E-state index in [1.807, 2.05) is 0 Å². The second-order valence-electron chi connectivity index (χ2n) is 4.28. The lowest BCUT2D eigenvalue weighted by molar-refractivity contribution is 0.0595. The molecule has 2 aromatic rings. The summed E-state index contributed by atoms with van der Waals surface area (Å²) in [6.45, 7) is 0. The Labute approximate surface area is 127 Å². The monoisotopic (exact) mass is 355 g/mol. The van der Waals surface area contributed by atoms with Crippen LogP contribution >= 0.6 is 15.9 Å². The summed E-state index contributed by atoms with van der Waals surface area (Å²) in [4.78, 5) is 25.6. The van der Waals surface area contributed by atoms with Gasteiger partial charge in [0, 0.05) is 22.7 Å². The van der Waals surface area contributed by atoms with Crippen molar-refractivity contribution in [2.75, 3.05) is 7.11 Å². The van der Waals surface area contributed by atoms with E-state index in [9.17, 15) is 19.1 Å². The zero-order valence-electron chi connectivity index (χ0n) is 10.9. The SMILES string of the molecule is COC(=O)c1c(O)cc(=O)[nH]c1Cc1ccc(Br)cc1F. The van der Waals surface area contributed by atoms with Crippen LogP contribution in [0.2, 0.25) is 0 Å². The number of halogens is 2. The molecule has 0 radical (unpaired) electrons. The van der Waals surface area contributed by atoms with E-state index in [1.165, 1.54) is 12.1 Å². The number of hydrogen-bond acceptors (Lipinski definition) is 4. The molecule has 0 unspecified atom stereocenters. The molecule has 5 nitrogen and oxygen atoms in total. The number of esters is 1. The number of aromatic hydroxyl groups is 1. The average molecular weight is 356 g/mol. The Hall–Kier alpha value is -2.15. The van der Waals surface area contributed by atoms with Crippen molar-refractivity contribution in [1.82, 2.24) is 4.98 Å². The number of hydrogen-bond donors (Lipinski definition) is 2. The number of methoxy groups -OCH3 is 1. The summed E-state index contributed by atoms with van der Waals surface area (Å²) in [5.74, 6) is -1.81. The molecule has 0 saturated carbocycles. The summed E-state index contributed by atoms with van der Waals surface area (Å²) >= 11 is 3.14. The molecule has 110 valence electrons. The number of ether oxygens (including phenoxy) is 1.